The van der Waals surface area contributed by atoms with Crippen molar-refractivity contribution in [3.8, 4) is 11.5 Å². The Labute approximate surface area is 163 Å². The molecule has 0 aliphatic heterocycles. The summed E-state index contributed by atoms with van der Waals surface area (Å²) in [6.45, 7) is 8.14. The lowest BCUT2D eigenvalue weighted by Crippen LogP contribution is -2.17. The molecule has 2 atom stereocenters. The van der Waals surface area contributed by atoms with Gasteiger partial charge in [0, 0.05) is 6.42 Å². The molecule has 0 spiro atoms. The number of aromatic hydroxyl groups is 2. The molecule has 0 saturated carbocycles. The Balaban J connectivity index is 2.07. The Morgan fingerprint density at radius 3 is 2.33 bits per heavy atom. The van der Waals surface area contributed by atoms with Gasteiger partial charge in [-0.25, -0.2) is 0 Å². The average Bonchev–Trinajstić information content (AvgIpc) is 2.62. The van der Waals surface area contributed by atoms with E-state index in [-0.39, 0.29) is 12.0 Å². The highest BCUT2D eigenvalue weighted by Crippen LogP contribution is 2.30. The zero-order valence-corrected chi connectivity index (χ0v) is 17.1. The molecule has 3 N–H and O–H groups in total. The second kappa shape index (κ2) is 9.80. The summed E-state index contributed by atoms with van der Waals surface area (Å²) in [6, 6.07) is 9.68. The van der Waals surface area contributed by atoms with Gasteiger partial charge in [0.15, 0.2) is 0 Å². The molecule has 0 saturated heterocycles. The number of aliphatic hydroxyl groups excluding tert-OH is 1. The minimum atomic E-state index is -0.227. The van der Waals surface area contributed by atoms with Crippen LogP contribution in [0.25, 0.3) is 0 Å². The van der Waals surface area contributed by atoms with Gasteiger partial charge >= 0.3 is 0 Å². The first kappa shape index (κ1) is 21.3. The van der Waals surface area contributed by atoms with Gasteiger partial charge in [-0.2, -0.15) is 0 Å². The van der Waals surface area contributed by atoms with Crippen molar-refractivity contribution >= 4 is 0 Å². The van der Waals surface area contributed by atoms with Crippen molar-refractivity contribution in [2.24, 2.45) is 5.92 Å². The fourth-order valence-electron chi connectivity index (χ4n) is 3.69. The Bertz CT molecular complexity index is 752. The van der Waals surface area contributed by atoms with Gasteiger partial charge in [-0.1, -0.05) is 50.1 Å². The van der Waals surface area contributed by atoms with Gasteiger partial charge in [-0.15, -0.1) is 0 Å². The first-order valence-electron chi connectivity index (χ1n) is 10.1. The van der Waals surface area contributed by atoms with Crippen LogP contribution in [0.2, 0.25) is 0 Å². The zero-order valence-electron chi connectivity index (χ0n) is 17.1. The fraction of sp³-hybridized carbons (Fsp3) is 0.500. The molecule has 2 rings (SSSR count). The Kier molecular flexibility index (Phi) is 7.73. The second-order valence-electron chi connectivity index (χ2n) is 7.95. The van der Waals surface area contributed by atoms with Crippen LogP contribution in [0.3, 0.4) is 0 Å². The van der Waals surface area contributed by atoms with Gasteiger partial charge in [-0.05, 0) is 73.8 Å². The van der Waals surface area contributed by atoms with E-state index in [2.05, 4.69) is 26.8 Å². The summed E-state index contributed by atoms with van der Waals surface area (Å²) in [5.74, 6) is 0.969. The average molecular weight is 371 g/mol. The first-order chi connectivity index (χ1) is 12.8. The van der Waals surface area contributed by atoms with E-state index in [0.717, 1.165) is 59.9 Å². The molecular weight excluding hydrogens is 336 g/mol. The number of hydrogen-bond donors (Lipinski definition) is 3. The molecule has 2 unspecified atom stereocenters. The molecule has 0 aliphatic rings. The number of benzene rings is 2. The van der Waals surface area contributed by atoms with Crippen molar-refractivity contribution in [2.45, 2.75) is 72.3 Å². The largest absolute Gasteiger partial charge is 0.508 e. The molecule has 0 aromatic heterocycles. The number of phenols is 2. The summed E-state index contributed by atoms with van der Waals surface area (Å²) in [6.07, 6.45) is 5.01. The van der Waals surface area contributed by atoms with Gasteiger partial charge in [0.1, 0.15) is 11.5 Å². The quantitative estimate of drug-likeness (QED) is 0.552. The number of hydrogen-bond acceptors (Lipinski definition) is 3. The van der Waals surface area contributed by atoms with E-state index in [1.165, 1.54) is 0 Å². The summed E-state index contributed by atoms with van der Waals surface area (Å²) < 4.78 is 0. The minimum absolute atomic E-state index is 0.227. The van der Waals surface area contributed by atoms with Gasteiger partial charge in [0.05, 0.1) is 6.10 Å². The number of aryl methyl sites for hydroxylation is 3. The van der Waals surface area contributed by atoms with E-state index in [9.17, 15) is 15.3 Å². The smallest absolute Gasteiger partial charge is 0.122 e. The summed E-state index contributed by atoms with van der Waals surface area (Å²) in [7, 11) is 0. The van der Waals surface area contributed by atoms with Crippen LogP contribution in [-0.4, -0.2) is 21.4 Å². The highest BCUT2D eigenvalue weighted by molar-refractivity contribution is 5.47. The van der Waals surface area contributed by atoms with Gasteiger partial charge in [0.2, 0.25) is 0 Å². The molecule has 0 fully saturated rings. The lowest BCUT2D eigenvalue weighted by Gasteiger charge is -2.18. The zero-order chi connectivity index (χ0) is 20.0. The Morgan fingerprint density at radius 1 is 0.963 bits per heavy atom. The summed E-state index contributed by atoms with van der Waals surface area (Å²) in [5, 5.41) is 30.6. The second-order valence-corrected chi connectivity index (χ2v) is 7.95. The molecule has 0 radical (unpaired) electrons. The summed E-state index contributed by atoms with van der Waals surface area (Å²) in [4.78, 5) is 0. The van der Waals surface area contributed by atoms with Crippen LogP contribution >= 0.6 is 0 Å². The maximum Gasteiger partial charge on any atom is 0.122 e. The standard InChI is InChI=1S/C24H34O3/c1-5-7-22(25)17(3)8-6-9-20-12-16(2)13-21(24(20)27)15-19-10-11-23(26)18(4)14-19/h10-14,17,22,25-27H,5-9,15H2,1-4H3. The molecule has 0 amide bonds. The topological polar surface area (TPSA) is 60.7 Å². The van der Waals surface area contributed by atoms with Crippen LogP contribution in [0.5, 0.6) is 11.5 Å². The Morgan fingerprint density at radius 2 is 1.67 bits per heavy atom. The molecule has 148 valence electrons. The van der Waals surface area contributed by atoms with E-state index >= 15 is 0 Å². The van der Waals surface area contributed by atoms with E-state index in [1.807, 2.05) is 25.1 Å². The lowest BCUT2D eigenvalue weighted by molar-refractivity contribution is 0.101. The van der Waals surface area contributed by atoms with Gasteiger partial charge in [-0.3, -0.25) is 0 Å². The number of aliphatic hydroxyl groups is 1. The van der Waals surface area contributed by atoms with Crippen molar-refractivity contribution in [1.29, 1.82) is 0 Å². The predicted molar refractivity (Wildman–Crippen MR) is 112 cm³/mol. The third kappa shape index (κ3) is 6.00. The van der Waals surface area contributed by atoms with E-state index in [4.69, 9.17) is 0 Å². The van der Waals surface area contributed by atoms with Crippen molar-refractivity contribution in [2.75, 3.05) is 0 Å². The van der Waals surface area contributed by atoms with E-state index in [0.29, 0.717) is 17.9 Å². The van der Waals surface area contributed by atoms with Crippen LogP contribution in [0.15, 0.2) is 30.3 Å². The highest BCUT2D eigenvalue weighted by atomic mass is 16.3. The molecule has 3 heteroatoms. The molecule has 0 heterocycles. The molecule has 2 aromatic carbocycles. The number of rotatable bonds is 9. The third-order valence-electron chi connectivity index (χ3n) is 5.41. The maximum absolute atomic E-state index is 10.8. The first-order valence-corrected chi connectivity index (χ1v) is 10.1. The van der Waals surface area contributed by atoms with Crippen molar-refractivity contribution in [3.05, 3.63) is 58.1 Å². The normalized spacial score (nSPS) is 13.5. The van der Waals surface area contributed by atoms with Crippen LogP contribution < -0.4 is 0 Å². The molecule has 0 aliphatic carbocycles. The molecule has 0 bridgehead atoms. The summed E-state index contributed by atoms with van der Waals surface area (Å²) >= 11 is 0. The van der Waals surface area contributed by atoms with E-state index in [1.54, 1.807) is 6.07 Å². The van der Waals surface area contributed by atoms with Crippen LogP contribution in [0.4, 0.5) is 0 Å². The highest BCUT2D eigenvalue weighted by Gasteiger charge is 2.14. The fourth-order valence-corrected chi connectivity index (χ4v) is 3.69. The SMILES string of the molecule is CCCC(O)C(C)CCCc1cc(C)cc(Cc2ccc(O)c(C)c2)c1O. The van der Waals surface area contributed by atoms with Crippen molar-refractivity contribution < 1.29 is 15.3 Å². The predicted octanol–water partition coefficient (Wildman–Crippen LogP) is 5.43. The summed E-state index contributed by atoms with van der Waals surface area (Å²) in [5.41, 5.74) is 4.98. The minimum Gasteiger partial charge on any atom is -0.508 e. The third-order valence-corrected chi connectivity index (χ3v) is 5.41. The maximum atomic E-state index is 10.8. The van der Waals surface area contributed by atoms with Crippen molar-refractivity contribution in [3.63, 3.8) is 0 Å². The van der Waals surface area contributed by atoms with Crippen LogP contribution in [0.1, 0.15) is 67.3 Å². The number of phenolic OH excluding ortho intramolecular Hbond substituents is 2. The van der Waals surface area contributed by atoms with Gasteiger partial charge < -0.3 is 15.3 Å². The molecule has 27 heavy (non-hydrogen) atoms. The van der Waals surface area contributed by atoms with Crippen LogP contribution in [-0.2, 0) is 12.8 Å². The monoisotopic (exact) mass is 370 g/mol. The lowest BCUT2D eigenvalue weighted by atomic mass is 9.92. The van der Waals surface area contributed by atoms with Crippen LogP contribution in [0, 0.1) is 19.8 Å². The molecule has 3 nitrogen and oxygen atoms in total. The van der Waals surface area contributed by atoms with E-state index < -0.39 is 0 Å². The Hall–Kier alpha value is -2.00. The van der Waals surface area contributed by atoms with Crippen molar-refractivity contribution in [1.82, 2.24) is 0 Å². The van der Waals surface area contributed by atoms with Gasteiger partial charge in [0.25, 0.3) is 0 Å². The molecule has 2 aromatic rings. The molecular formula is C24H34O3.